The molecule has 0 saturated carbocycles. The summed E-state index contributed by atoms with van der Waals surface area (Å²) in [5, 5.41) is 12.1. The highest BCUT2D eigenvalue weighted by Crippen LogP contribution is 2.24. The normalized spacial score (nSPS) is 10.6. The van der Waals surface area contributed by atoms with Crippen LogP contribution in [-0.4, -0.2) is 52.3 Å². The Kier molecular flexibility index (Phi) is 7.21. The van der Waals surface area contributed by atoms with Gasteiger partial charge in [0.2, 0.25) is 5.95 Å². The van der Waals surface area contributed by atoms with Crippen LogP contribution in [0, 0.1) is 0 Å². The first-order valence-electron chi connectivity index (χ1n) is 9.32. The molecule has 29 heavy (non-hydrogen) atoms. The van der Waals surface area contributed by atoms with Crippen molar-refractivity contribution in [2.24, 2.45) is 0 Å². The second kappa shape index (κ2) is 10.0. The number of anilines is 2. The highest BCUT2D eigenvalue weighted by atomic mass is 32.2. The summed E-state index contributed by atoms with van der Waals surface area (Å²) in [5.41, 5.74) is 3.28. The molecule has 3 rings (SSSR count). The molecule has 2 aromatic carbocycles. The van der Waals surface area contributed by atoms with E-state index in [4.69, 9.17) is 5.11 Å². The van der Waals surface area contributed by atoms with Gasteiger partial charge in [-0.05, 0) is 48.9 Å². The van der Waals surface area contributed by atoms with Gasteiger partial charge >= 0.3 is 0 Å². The molecule has 0 aliphatic rings. The standard InChI is InChI=1S/C22H24N4O2S/c1-26(2)21(28)17-4-8-18(9-5-17)24-22-23-13-12-20(25-22)16-6-10-19(11-7-16)29-15-3-14-27/h4-13,27H,3,14-15H2,1-2H3,(H,23,24,25). The Morgan fingerprint density at radius 2 is 1.79 bits per heavy atom. The van der Waals surface area contributed by atoms with Gasteiger partial charge in [-0.3, -0.25) is 4.79 Å². The zero-order valence-corrected chi connectivity index (χ0v) is 17.3. The zero-order chi connectivity index (χ0) is 20.6. The number of amides is 1. The van der Waals surface area contributed by atoms with E-state index in [1.165, 1.54) is 4.90 Å². The van der Waals surface area contributed by atoms with Gasteiger partial charge in [-0.15, -0.1) is 11.8 Å². The maximum atomic E-state index is 12.0. The Morgan fingerprint density at radius 1 is 1.07 bits per heavy atom. The number of aliphatic hydroxyl groups is 1. The van der Waals surface area contributed by atoms with E-state index in [0.717, 1.165) is 29.1 Å². The zero-order valence-electron chi connectivity index (χ0n) is 16.5. The van der Waals surface area contributed by atoms with Crippen LogP contribution >= 0.6 is 11.8 Å². The van der Waals surface area contributed by atoms with E-state index in [9.17, 15) is 4.79 Å². The lowest BCUT2D eigenvalue weighted by atomic mass is 10.1. The predicted octanol–water partition coefficient (Wildman–Crippen LogP) is 4.06. The van der Waals surface area contributed by atoms with Gasteiger partial charge in [0.25, 0.3) is 5.91 Å². The van der Waals surface area contributed by atoms with Crippen LogP contribution in [0.4, 0.5) is 11.6 Å². The summed E-state index contributed by atoms with van der Waals surface area (Å²) in [6.45, 7) is 0.219. The molecule has 3 aromatic rings. The van der Waals surface area contributed by atoms with Crippen molar-refractivity contribution >= 4 is 29.3 Å². The van der Waals surface area contributed by atoms with Crippen molar-refractivity contribution in [3.8, 4) is 11.3 Å². The second-order valence-corrected chi connectivity index (χ2v) is 7.79. The van der Waals surface area contributed by atoms with Crippen molar-refractivity contribution < 1.29 is 9.90 Å². The van der Waals surface area contributed by atoms with Crippen LogP contribution in [0.3, 0.4) is 0 Å². The first-order chi connectivity index (χ1) is 14.1. The Labute approximate surface area is 175 Å². The molecule has 6 nitrogen and oxygen atoms in total. The monoisotopic (exact) mass is 408 g/mol. The quantitative estimate of drug-likeness (QED) is 0.432. The number of benzene rings is 2. The number of carbonyl (C=O) groups excluding carboxylic acids is 1. The number of hydrogen-bond donors (Lipinski definition) is 2. The number of hydrogen-bond acceptors (Lipinski definition) is 6. The molecular formula is C22H24N4O2S. The molecule has 1 heterocycles. The van der Waals surface area contributed by atoms with Gasteiger partial charge in [-0.25, -0.2) is 9.97 Å². The van der Waals surface area contributed by atoms with Crippen molar-refractivity contribution in [2.45, 2.75) is 11.3 Å². The van der Waals surface area contributed by atoms with Crippen LogP contribution in [0.1, 0.15) is 16.8 Å². The minimum atomic E-state index is -0.0345. The molecule has 0 spiro atoms. The fourth-order valence-electron chi connectivity index (χ4n) is 2.64. The Hall–Kier alpha value is -2.90. The predicted molar refractivity (Wildman–Crippen MR) is 118 cm³/mol. The van der Waals surface area contributed by atoms with Crippen molar-refractivity contribution in [3.05, 3.63) is 66.4 Å². The molecule has 0 aliphatic heterocycles. The molecule has 1 amide bonds. The minimum absolute atomic E-state index is 0.0345. The number of rotatable bonds is 8. The van der Waals surface area contributed by atoms with E-state index < -0.39 is 0 Å². The van der Waals surface area contributed by atoms with Crippen LogP contribution in [0.15, 0.2) is 65.7 Å². The van der Waals surface area contributed by atoms with E-state index in [1.54, 1.807) is 49.1 Å². The molecule has 0 radical (unpaired) electrons. The molecule has 7 heteroatoms. The summed E-state index contributed by atoms with van der Waals surface area (Å²) < 4.78 is 0. The minimum Gasteiger partial charge on any atom is -0.396 e. The first kappa shape index (κ1) is 20.8. The molecule has 0 fully saturated rings. The summed E-state index contributed by atoms with van der Waals surface area (Å²) in [5.74, 6) is 1.36. The molecule has 0 aliphatic carbocycles. The third-order valence-corrected chi connectivity index (χ3v) is 5.27. The first-order valence-corrected chi connectivity index (χ1v) is 10.3. The summed E-state index contributed by atoms with van der Waals surface area (Å²) in [4.78, 5) is 23.6. The van der Waals surface area contributed by atoms with Crippen molar-refractivity contribution in [1.82, 2.24) is 14.9 Å². The number of carbonyl (C=O) groups is 1. The van der Waals surface area contributed by atoms with Gasteiger partial charge in [-0.1, -0.05) is 12.1 Å². The molecule has 2 N–H and O–H groups in total. The van der Waals surface area contributed by atoms with Crippen molar-refractivity contribution in [1.29, 1.82) is 0 Å². The van der Waals surface area contributed by atoms with E-state index in [0.29, 0.717) is 11.5 Å². The number of nitrogens with zero attached hydrogens (tertiary/aromatic N) is 3. The lowest BCUT2D eigenvalue weighted by molar-refractivity contribution is 0.0827. The molecule has 1 aromatic heterocycles. The Bertz CT molecular complexity index is 944. The lowest BCUT2D eigenvalue weighted by Gasteiger charge is -2.11. The summed E-state index contributed by atoms with van der Waals surface area (Å²) >= 11 is 1.73. The van der Waals surface area contributed by atoms with Crippen molar-refractivity contribution in [3.63, 3.8) is 0 Å². The van der Waals surface area contributed by atoms with Gasteiger partial charge in [0.1, 0.15) is 0 Å². The highest BCUT2D eigenvalue weighted by molar-refractivity contribution is 7.99. The van der Waals surface area contributed by atoms with Gasteiger partial charge in [-0.2, -0.15) is 0 Å². The SMILES string of the molecule is CN(C)C(=O)c1ccc(Nc2nccc(-c3ccc(SCCCO)cc3)n2)cc1. The van der Waals surface area contributed by atoms with Crippen LogP contribution < -0.4 is 5.32 Å². The van der Waals surface area contributed by atoms with Crippen LogP contribution in [-0.2, 0) is 0 Å². The van der Waals surface area contributed by atoms with Gasteiger partial charge in [0.05, 0.1) is 5.69 Å². The van der Waals surface area contributed by atoms with Gasteiger partial charge < -0.3 is 15.3 Å². The number of nitrogens with one attached hydrogen (secondary N) is 1. The number of aromatic nitrogens is 2. The summed E-state index contributed by atoms with van der Waals surface area (Å²) in [6.07, 6.45) is 2.51. The average molecular weight is 409 g/mol. The molecule has 150 valence electrons. The summed E-state index contributed by atoms with van der Waals surface area (Å²) in [6, 6.07) is 17.3. The molecule has 0 bridgehead atoms. The third-order valence-electron chi connectivity index (χ3n) is 4.17. The second-order valence-electron chi connectivity index (χ2n) is 6.62. The summed E-state index contributed by atoms with van der Waals surface area (Å²) in [7, 11) is 3.46. The molecule has 0 unspecified atom stereocenters. The Balaban J connectivity index is 1.69. The lowest BCUT2D eigenvalue weighted by Crippen LogP contribution is -2.21. The topological polar surface area (TPSA) is 78.4 Å². The third kappa shape index (κ3) is 5.79. The Morgan fingerprint density at radius 3 is 2.45 bits per heavy atom. The maximum absolute atomic E-state index is 12.0. The fourth-order valence-corrected chi connectivity index (χ4v) is 3.48. The van der Waals surface area contributed by atoms with Gasteiger partial charge in [0.15, 0.2) is 0 Å². The fraction of sp³-hybridized carbons (Fsp3) is 0.227. The highest BCUT2D eigenvalue weighted by Gasteiger charge is 2.08. The van der Waals surface area contributed by atoms with E-state index in [2.05, 4.69) is 27.4 Å². The van der Waals surface area contributed by atoms with Crippen LogP contribution in [0.5, 0.6) is 0 Å². The number of aliphatic hydroxyl groups excluding tert-OH is 1. The van der Waals surface area contributed by atoms with Crippen molar-refractivity contribution in [2.75, 3.05) is 31.8 Å². The number of thioether (sulfide) groups is 1. The smallest absolute Gasteiger partial charge is 0.253 e. The van der Waals surface area contributed by atoms with Gasteiger partial charge in [0, 0.05) is 54.4 Å². The van der Waals surface area contributed by atoms with Crippen LogP contribution in [0.25, 0.3) is 11.3 Å². The maximum Gasteiger partial charge on any atom is 0.253 e. The molecule has 0 atom stereocenters. The van der Waals surface area contributed by atoms with E-state index >= 15 is 0 Å². The molecule has 0 saturated heterocycles. The van der Waals surface area contributed by atoms with Crippen LogP contribution in [0.2, 0.25) is 0 Å². The van der Waals surface area contributed by atoms with E-state index in [1.807, 2.05) is 30.3 Å². The van der Waals surface area contributed by atoms with E-state index in [-0.39, 0.29) is 12.5 Å². The molecular weight excluding hydrogens is 384 g/mol. The average Bonchev–Trinajstić information content (AvgIpc) is 2.74. The largest absolute Gasteiger partial charge is 0.396 e.